The van der Waals surface area contributed by atoms with Crippen LogP contribution in [0.4, 0.5) is 29.7 Å². The van der Waals surface area contributed by atoms with E-state index in [4.69, 9.17) is 0 Å². The molecule has 0 aliphatic carbocycles. The molecule has 2 aliphatic rings. The van der Waals surface area contributed by atoms with Gasteiger partial charge in [-0.3, -0.25) is 4.79 Å². The second kappa shape index (κ2) is 8.87. The molecule has 180 valence electrons. The number of aromatic nitrogens is 4. The van der Waals surface area contributed by atoms with Crippen LogP contribution in [-0.2, 0) is 19.3 Å². The van der Waals surface area contributed by atoms with Gasteiger partial charge in [0.05, 0.1) is 24.0 Å². The molecule has 1 aromatic carbocycles. The van der Waals surface area contributed by atoms with Crippen LogP contribution in [0.1, 0.15) is 35.0 Å². The van der Waals surface area contributed by atoms with Gasteiger partial charge in [0.2, 0.25) is 5.82 Å². The highest BCUT2D eigenvalue weighted by atomic mass is 32.1. The Labute approximate surface area is 196 Å². The molecule has 5 rings (SSSR count). The van der Waals surface area contributed by atoms with E-state index in [1.807, 2.05) is 24.3 Å². The summed E-state index contributed by atoms with van der Waals surface area (Å²) in [6, 6.07) is 7.49. The summed E-state index contributed by atoms with van der Waals surface area (Å²) in [5, 5.41) is 21.8. The van der Waals surface area contributed by atoms with Crippen LogP contribution in [0.15, 0.2) is 29.6 Å². The lowest BCUT2D eigenvalue weighted by Crippen LogP contribution is -2.36. The van der Waals surface area contributed by atoms with Crippen molar-refractivity contribution in [1.29, 1.82) is 0 Å². The Morgan fingerprint density at radius 3 is 2.62 bits per heavy atom. The van der Waals surface area contributed by atoms with Crippen molar-refractivity contribution in [3.05, 3.63) is 47.0 Å². The molecule has 34 heavy (non-hydrogen) atoms. The number of hydrogen-bond donors (Lipinski definition) is 2. The number of piperidine rings is 1. The van der Waals surface area contributed by atoms with Gasteiger partial charge in [0, 0.05) is 31.6 Å². The van der Waals surface area contributed by atoms with Gasteiger partial charge in [-0.25, -0.2) is 4.98 Å². The highest BCUT2D eigenvalue weighted by molar-refractivity contribution is 7.13. The standard InChI is InChI=1S/C21H22F3N7O2S/c22-21(23,24)19-28-27-17-11-30(9-10-31(17)19)20-26-15(12-34-20)18(33)25-14-3-1-2-4-16(14)29-7-5-13(32)6-8-29/h1-4,12-13,32H,5-11H2,(H,25,33). The normalized spacial score (nSPS) is 17.1. The number of fused-ring (bicyclic) bond motifs is 1. The second-order valence-corrected chi connectivity index (χ2v) is 9.05. The maximum Gasteiger partial charge on any atom is 0.451 e. The molecule has 1 fully saturated rings. The zero-order valence-electron chi connectivity index (χ0n) is 18.0. The fraction of sp³-hybridized carbons (Fsp3) is 0.429. The van der Waals surface area contributed by atoms with Crippen molar-refractivity contribution in [3.8, 4) is 0 Å². The number of rotatable bonds is 4. The summed E-state index contributed by atoms with van der Waals surface area (Å²) in [4.78, 5) is 21.3. The van der Waals surface area contributed by atoms with Gasteiger partial charge in [-0.05, 0) is 25.0 Å². The molecule has 0 radical (unpaired) electrons. The van der Waals surface area contributed by atoms with Gasteiger partial charge >= 0.3 is 6.18 Å². The van der Waals surface area contributed by atoms with Crippen molar-refractivity contribution in [2.45, 2.75) is 38.2 Å². The number of nitrogens with one attached hydrogen (secondary N) is 1. The lowest BCUT2D eigenvalue weighted by atomic mass is 10.1. The number of halogens is 3. The van der Waals surface area contributed by atoms with Gasteiger partial charge in [0.15, 0.2) is 11.0 Å². The average Bonchev–Trinajstić information content (AvgIpc) is 3.47. The molecule has 0 atom stereocenters. The number of anilines is 3. The van der Waals surface area contributed by atoms with Crippen LogP contribution in [0, 0.1) is 0 Å². The molecule has 0 saturated carbocycles. The molecule has 0 unspecified atom stereocenters. The molecule has 4 heterocycles. The van der Waals surface area contributed by atoms with E-state index in [0.717, 1.165) is 10.3 Å². The van der Waals surface area contributed by atoms with Crippen molar-refractivity contribution < 1.29 is 23.1 Å². The minimum absolute atomic E-state index is 0.0796. The van der Waals surface area contributed by atoms with Crippen molar-refractivity contribution in [3.63, 3.8) is 0 Å². The summed E-state index contributed by atoms with van der Waals surface area (Å²) in [5.74, 6) is -1.16. The predicted octanol–water partition coefficient (Wildman–Crippen LogP) is 2.99. The number of carbonyl (C=O) groups is 1. The van der Waals surface area contributed by atoms with Crippen molar-refractivity contribution >= 4 is 33.8 Å². The van der Waals surface area contributed by atoms with Gasteiger partial charge in [-0.2, -0.15) is 13.2 Å². The zero-order valence-corrected chi connectivity index (χ0v) is 18.8. The molecule has 0 spiro atoms. The Kier molecular flexibility index (Phi) is 5.90. The first-order valence-corrected chi connectivity index (χ1v) is 11.7. The Morgan fingerprint density at radius 1 is 1.09 bits per heavy atom. The van der Waals surface area contributed by atoms with Gasteiger partial charge < -0.3 is 24.8 Å². The number of aliphatic hydroxyl groups excluding tert-OH is 1. The highest BCUT2D eigenvalue weighted by Crippen LogP contribution is 2.32. The Hall–Kier alpha value is -3.19. The smallest absolute Gasteiger partial charge is 0.393 e. The first-order valence-electron chi connectivity index (χ1n) is 10.8. The van der Waals surface area contributed by atoms with Crippen molar-refractivity contribution in [1.82, 2.24) is 19.7 Å². The molecule has 9 nitrogen and oxygen atoms in total. The van der Waals surface area contributed by atoms with Crippen LogP contribution < -0.4 is 15.1 Å². The van der Waals surface area contributed by atoms with Crippen LogP contribution >= 0.6 is 11.3 Å². The molecular formula is C21H22F3N7O2S. The Morgan fingerprint density at radius 2 is 1.85 bits per heavy atom. The SMILES string of the molecule is O=C(Nc1ccccc1N1CCC(O)CC1)c1csc(N2CCn3c(nnc3C(F)(F)F)C2)n1. The fourth-order valence-electron chi connectivity index (χ4n) is 4.19. The van der Waals surface area contributed by atoms with E-state index < -0.39 is 12.0 Å². The third-order valence-corrected chi connectivity index (χ3v) is 6.86. The number of nitrogens with zero attached hydrogens (tertiary/aromatic N) is 6. The Balaban J connectivity index is 1.28. The minimum Gasteiger partial charge on any atom is -0.393 e. The topological polar surface area (TPSA) is 99.4 Å². The molecule has 13 heteroatoms. The Bertz CT molecular complexity index is 1190. The number of para-hydroxylation sites is 2. The highest BCUT2D eigenvalue weighted by Gasteiger charge is 2.39. The molecule has 2 aliphatic heterocycles. The molecule has 1 amide bonds. The molecule has 3 aromatic rings. The second-order valence-electron chi connectivity index (χ2n) is 8.22. The number of thiazole rings is 1. The number of benzene rings is 1. The predicted molar refractivity (Wildman–Crippen MR) is 120 cm³/mol. The first kappa shape index (κ1) is 22.6. The third kappa shape index (κ3) is 4.44. The van der Waals surface area contributed by atoms with Crippen molar-refractivity contribution in [2.24, 2.45) is 0 Å². The van der Waals surface area contributed by atoms with Gasteiger partial charge in [0.25, 0.3) is 5.91 Å². The van der Waals surface area contributed by atoms with Crippen molar-refractivity contribution in [2.75, 3.05) is 34.8 Å². The summed E-state index contributed by atoms with van der Waals surface area (Å²) >= 11 is 1.25. The summed E-state index contributed by atoms with van der Waals surface area (Å²) in [6.45, 7) is 1.90. The van der Waals surface area contributed by atoms with Gasteiger partial charge in [0.1, 0.15) is 5.69 Å². The van der Waals surface area contributed by atoms with E-state index in [1.165, 1.54) is 11.3 Å². The van der Waals surface area contributed by atoms with E-state index in [1.54, 1.807) is 10.3 Å². The maximum atomic E-state index is 13.1. The molecule has 2 aromatic heterocycles. The molecule has 1 saturated heterocycles. The summed E-state index contributed by atoms with van der Waals surface area (Å²) in [5.41, 5.74) is 1.77. The van der Waals surface area contributed by atoms with Crippen LogP contribution in [0.5, 0.6) is 0 Å². The molecular weight excluding hydrogens is 471 g/mol. The number of amides is 1. The fourth-order valence-corrected chi connectivity index (χ4v) is 5.03. The van der Waals surface area contributed by atoms with Crippen LogP contribution in [0.2, 0.25) is 0 Å². The van der Waals surface area contributed by atoms with E-state index >= 15 is 0 Å². The van der Waals surface area contributed by atoms with Gasteiger partial charge in [-0.1, -0.05) is 12.1 Å². The maximum absolute atomic E-state index is 13.1. The first-order chi connectivity index (χ1) is 16.3. The van der Waals surface area contributed by atoms with Crippen LogP contribution in [-0.4, -0.2) is 56.5 Å². The largest absolute Gasteiger partial charge is 0.451 e. The third-order valence-electron chi connectivity index (χ3n) is 5.96. The summed E-state index contributed by atoms with van der Waals surface area (Å²) in [6.07, 6.45) is -3.50. The van der Waals surface area contributed by atoms with E-state index in [2.05, 4.69) is 25.4 Å². The van der Waals surface area contributed by atoms with E-state index in [0.29, 0.717) is 43.3 Å². The van der Waals surface area contributed by atoms with Crippen LogP contribution in [0.3, 0.4) is 0 Å². The minimum atomic E-state index is -4.55. The zero-order chi connectivity index (χ0) is 23.9. The summed E-state index contributed by atoms with van der Waals surface area (Å²) < 4.78 is 40.3. The van der Waals surface area contributed by atoms with E-state index in [-0.39, 0.29) is 36.6 Å². The van der Waals surface area contributed by atoms with Gasteiger partial charge in [-0.15, -0.1) is 21.5 Å². The molecule has 2 N–H and O–H groups in total. The number of aliphatic hydroxyl groups is 1. The lowest BCUT2D eigenvalue weighted by molar-refractivity contribution is -0.147. The number of hydrogen-bond acceptors (Lipinski definition) is 8. The molecule has 0 bridgehead atoms. The lowest BCUT2D eigenvalue weighted by Gasteiger charge is -2.32. The monoisotopic (exact) mass is 493 g/mol. The quantitative estimate of drug-likeness (QED) is 0.577. The number of carbonyl (C=O) groups excluding carboxylic acids is 1. The number of alkyl halides is 3. The van der Waals surface area contributed by atoms with E-state index in [9.17, 15) is 23.1 Å². The van der Waals surface area contributed by atoms with Crippen LogP contribution in [0.25, 0.3) is 0 Å². The average molecular weight is 494 g/mol. The summed E-state index contributed by atoms with van der Waals surface area (Å²) in [7, 11) is 0.